The van der Waals surface area contributed by atoms with Gasteiger partial charge in [0.1, 0.15) is 0 Å². The molecule has 0 aliphatic heterocycles. The van der Waals surface area contributed by atoms with E-state index in [9.17, 15) is 9.18 Å². The molecule has 0 heterocycles. The number of halogens is 2. The van der Waals surface area contributed by atoms with Crippen LogP contribution in [0.3, 0.4) is 0 Å². The number of rotatable bonds is 9. The van der Waals surface area contributed by atoms with Crippen molar-refractivity contribution >= 4 is 17.6 Å². The van der Waals surface area contributed by atoms with Crippen LogP contribution in [-0.2, 0) is 9.53 Å². The fourth-order valence-electron chi connectivity index (χ4n) is 2.19. The molecule has 2 atom stereocenters. The van der Waals surface area contributed by atoms with Gasteiger partial charge >= 0.3 is 5.97 Å². The standard InChI is InChI=1S/C16H23ClFNO2/c1-2-6-15(18)21-16(20)10-5-7-12(11-19)13-8-3-4-9-14(13)17/h3-4,8-9,12,15H,2,5-7,10-11,19H2,1H3. The molecule has 2 N–H and O–H groups in total. The number of carbonyl (C=O) groups is 1. The van der Waals surface area contributed by atoms with Gasteiger partial charge in [-0.3, -0.25) is 4.79 Å². The summed E-state index contributed by atoms with van der Waals surface area (Å²) in [5.74, 6) is -0.394. The van der Waals surface area contributed by atoms with Crippen molar-refractivity contribution in [1.82, 2.24) is 0 Å². The Hall–Kier alpha value is -1.13. The van der Waals surface area contributed by atoms with Crippen LogP contribution in [0.5, 0.6) is 0 Å². The summed E-state index contributed by atoms with van der Waals surface area (Å²) in [5, 5.41) is 0.683. The van der Waals surface area contributed by atoms with E-state index in [-0.39, 0.29) is 18.8 Å². The van der Waals surface area contributed by atoms with Crippen molar-refractivity contribution in [3.8, 4) is 0 Å². The van der Waals surface area contributed by atoms with Gasteiger partial charge in [0.2, 0.25) is 6.36 Å². The van der Waals surface area contributed by atoms with E-state index >= 15 is 0 Å². The molecule has 5 heteroatoms. The first-order valence-electron chi connectivity index (χ1n) is 7.36. The van der Waals surface area contributed by atoms with Gasteiger partial charge in [0.25, 0.3) is 0 Å². The molecule has 0 aromatic heterocycles. The Kier molecular flexibility index (Phi) is 8.31. The number of ether oxygens (including phenoxy) is 1. The lowest BCUT2D eigenvalue weighted by Gasteiger charge is -2.16. The molecule has 0 saturated heterocycles. The van der Waals surface area contributed by atoms with Crippen LogP contribution in [0, 0.1) is 0 Å². The molecule has 0 aliphatic carbocycles. The summed E-state index contributed by atoms with van der Waals surface area (Å²) >= 11 is 6.15. The molecule has 118 valence electrons. The second kappa shape index (κ2) is 9.74. The number of esters is 1. The molecule has 0 amide bonds. The molecule has 0 radical (unpaired) electrons. The van der Waals surface area contributed by atoms with E-state index in [2.05, 4.69) is 4.74 Å². The van der Waals surface area contributed by atoms with Gasteiger partial charge in [-0.15, -0.1) is 0 Å². The van der Waals surface area contributed by atoms with Crippen molar-refractivity contribution in [2.45, 2.75) is 51.3 Å². The van der Waals surface area contributed by atoms with E-state index in [1.54, 1.807) is 0 Å². The molecule has 2 unspecified atom stereocenters. The molecular formula is C16H23ClFNO2. The SMILES string of the molecule is CCCC(F)OC(=O)CCCC(CN)c1ccccc1Cl. The van der Waals surface area contributed by atoms with Crippen LogP contribution in [0.4, 0.5) is 4.39 Å². The molecule has 0 spiro atoms. The van der Waals surface area contributed by atoms with Crippen molar-refractivity contribution in [1.29, 1.82) is 0 Å². The molecule has 0 bridgehead atoms. The summed E-state index contributed by atoms with van der Waals surface area (Å²) in [6, 6.07) is 7.55. The van der Waals surface area contributed by atoms with Crippen molar-refractivity contribution in [3.63, 3.8) is 0 Å². The first-order chi connectivity index (χ1) is 10.1. The van der Waals surface area contributed by atoms with Gasteiger partial charge in [-0.2, -0.15) is 0 Å². The maximum absolute atomic E-state index is 13.1. The summed E-state index contributed by atoms with van der Waals surface area (Å²) in [6.45, 7) is 2.30. The van der Waals surface area contributed by atoms with Crippen molar-refractivity contribution in [2.24, 2.45) is 5.73 Å². The molecule has 0 saturated carbocycles. The maximum atomic E-state index is 13.1. The Balaban J connectivity index is 2.39. The molecule has 1 aromatic rings. The second-order valence-corrected chi connectivity index (χ2v) is 5.44. The smallest absolute Gasteiger partial charge is 0.308 e. The normalized spacial score (nSPS) is 13.7. The minimum Gasteiger partial charge on any atom is -0.431 e. The minimum absolute atomic E-state index is 0.100. The lowest BCUT2D eigenvalue weighted by atomic mass is 9.93. The van der Waals surface area contributed by atoms with E-state index in [1.165, 1.54) is 0 Å². The van der Waals surface area contributed by atoms with Gasteiger partial charge < -0.3 is 10.5 Å². The highest BCUT2D eigenvalue weighted by Crippen LogP contribution is 2.27. The van der Waals surface area contributed by atoms with Crippen LogP contribution in [0.2, 0.25) is 5.02 Å². The third-order valence-electron chi connectivity index (χ3n) is 3.34. The summed E-state index contributed by atoms with van der Waals surface area (Å²) in [6.07, 6.45) is 0.930. The predicted octanol–water partition coefficient (Wildman–Crippen LogP) is 4.19. The fourth-order valence-corrected chi connectivity index (χ4v) is 2.48. The number of carbonyl (C=O) groups excluding carboxylic acids is 1. The lowest BCUT2D eigenvalue weighted by molar-refractivity contribution is -0.158. The summed E-state index contributed by atoms with van der Waals surface area (Å²) in [5.41, 5.74) is 6.77. The van der Waals surface area contributed by atoms with Gasteiger partial charge in [0, 0.05) is 17.9 Å². The Morgan fingerprint density at radius 1 is 1.38 bits per heavy atom. The topological polar surface area (TPSA) is 52.3 Å². The monoisotopic (exact) mass is 315 g/mol. The third kappa shape index (κ3) is 6.44. The zero-order chi connectivity index (χ0) is 15.7. The predicted molar refractivity (Wildman–Crippen MR) is 83.0 cm³/mol. The van der Waals surface area contributed by atoms with Gasteiger partial charge in [-0.05, 0) is 43.4 Å². The van der Waals surface area contributed by atoms with Crippen LogP contribution < -0.4 is 5.73 Å². The number of hydrogen-bond acceptors (Lipinski definition) is 3. The molecule has 1 rings (SSSR count). The molecule has 0 aliphatic rings. The first kappa shape index (κ1) is 17.9. The third-order valence-corrected chi connectivity index (χ3v) is 3.68. The van der Waals surface area contributed by atoms with E-state index in [0.29, 0.717) is 24.4 Å². The Labute approximate surface area is 130 Å². The maximum Gasteiger partial charge on any atom is 0.308 e. The molecule has 1 aromatic carbocycles. The Bertz CT molecular complexity index is 442. The van der Waals surface area contributed by atoms with E-state index in [4.69, 9.17) is 17.3 Å². The highest BCUT2D eigenvalue weighted by Gasteiger charge is 2.15. The Morgan fingerprint density at radius 2 is 2.10 bits per heavy atom. The van der Waals surface area contributed by atoms with Gasteiger partial charge in [-0.25, -0.2) is 4.39 Å². The number of nitrogens with two attached hydrogens (primary N) is 1. The zero-order valence-corrected chi connectivity index (χ0v) is 13.1. The zero-order valence-electron chi connectivity index (χ0n) is 12.4. The number of hydrogen-bond donors (Lipinski definition) is 1. The van der Waals surface area contributed by atoms with Crippen molar-refractivity contribution in [3.05, 3.63) is 34.9 Å². The minimum atomic E-state index is -1.49. The van der Waals surface area contributed by atoms with Crippen LogP contribution >= 0.6 is 11.6 Å². The lowest BCUT2D eigenvalue weighted by Crippen LogP contribution is -2.15. The molecule has 0 fully saturated rings. The van der Waals surface area contributed by atoms with Gasteiger partial charge in [-0.1, -0.05) is 36.7 Å². The van der Waals surface area contributed by atoms with E-state index < -0.39 is 12.3 Å². The van der Waals surface area contributed by atoms with Gasteiger partial charge in [0.15, 0.2) is 0 Å². The second-order valence-electron chi connectivity index (χ2n) is 5.03. The van der Waals surface area contributed by atoms with Crippen LogP contribution in [0.15, 0.2) is 24.3 Å². The van der Waals surface area contributed by atoms with Crippen LogP contribution in [0.25, 0.3) is 0 Å². The fraction of sp³-hybridized carbons (Fsp3) is 0.562. The van der Waals surface area contributed by atoms with Crippen molar-refractivity contribution < 1.29 is 13.9 Å². The Morgan fingerprint density at radius 3 is 2.71 bits per heavy atom. The molecule has 3 nitrogen and oxygen atoms in total. The van der Waals surface area contributed by atoms with E-state index in [1.807, 2.05) is 31.2 Å². The van der Waals surface area contributed by atoms with Crippen molar-refractivity contribution in [2.75, 3.05) is 6.54 Å². The average molecular weight is 316 g/mol. The highest BCUT2D eigenvalue weighted by molar-refractivity contribution is 6.31. The van der Waals surface area contributed by atoms with Crippen LogP contribution in [-0.4, -0.2) is 18.9 Å². The first-order valence-corrected chi connectivity index (χ1v) is 7.74. The van der Waals surface area contributed by atoms with Crippen LogP contribution in [0.1, 0.15) is 50.5 Å². The van der Waals surface area contributed by atoms with E-state index in [0.717, 1.165) is 12.0 Å². The average Bonchev–Trinajstić information content (AvgIpc) is 2.45. The van der Waals surface area contributed by atoms with Gasteiger partial charge in [0.05, 0.1) is 0 Å². The summed E-state index contributed by atoms with van der Waals surface area (Å²) in [7, 11) is 0. The molecular weight excluding hydrogens is 293 g/mol. The highest BCUT2D eigenvalue weighted by atomic mass is 35.5. The summed E-state index contributed by atoms with van der Waals surface area (Å²) in [4.78, 5) is 11.5. The number of alkyl halides is 1. The number of benzene rings is 1. The largest absolute Gasteiger partial charge is 0.431 e. The molecule has 21 heavy (non-hydrogen) atoms. The summed E-state index contributed by atoms with van der Waals surface area (Å²) < 4.78 is 17.8. The quantitative estimate of drug-likeness (QED) is 0.695.